The van der Waals surface area contributed by atoms with Crippen LogP contribution in [-0.2, 0) is 14.8 Å². The molecule has 0 saturated carbocycles. The molecule has 31 heavy (non-hydrogen) atoms. The zero-order chi connectivity index (χ0) is 22.0. The average Bonchev–Trinajstić information content (AvgIpc) is 3.16. The quantitative estimate of drug-likeness (QED) is 0.462. The molecule has 0 spiro atoms. The summed E-state index contributed by atoms with van der Waals surface area (Å²) in [5.41, 5.74) is 3.67. The second kappa shape index (κ2) is 8.49. The van der Waals surface area contributed by atoms with Crippen molar-refractivity contribution in [1.29, 1.82) is 0 Å². The van der Waals surface area contributed by atoms with E-state index in [9.17, 15) is 13.2 Å². The molecule has 0 aliphatic heterocycles. The molecule has 0 fully saturated rings. The first-order valence-electron chi connectivity index (χ1n) is 9.60. The van der Waals surface area contributed by atoms with E-state index in [0.29, 0.717) is 11.4 Å². The summed E-state index contributed by atoms with van der Waals surface area (Å²) in [5, 5.41) is 3.67. The second-order valence-corrected chi connectivity index (χ2v) is 10.1. The Hall–Kier alpha value is -3.23. The molecule has 0 bridgehead atoms. The Bertz CT molecular complexity index is 1330. The van der Waals surface area contributed by atoms with E-state index in [1.807, 2.05) is 61.5 Å². The molecule has 3 aromatic carbocycles. The Balaban J connectivity index is 1.55. The van der Waals surface area contributed by atoms with Crippen LogP contribution in [0.1, 0.15) is 5.56 Å². The highest BCUT2D eigenvalue weighted by molar-refractivity contribution is 7.92. The summed E-state index contributed by atoms with van der Waals surface area (Å²) >= 11 is 1.58. The van der Waals surface area contributed by atoms with Crippen molar-refractivity contribution in [3.8, 4) is 10.6 Å². The molecule has 1 heterocycles. The van der Waals surface area contributed by atoms with Crippen molar-refractivity contribution in [2.75, 3.05) is 22.4 Å². The van der Waals surface area contributed by atoms with Gasteiger partial charge in [-0.2, -0.15) is 0 Å². The molecule has 0 aliphatic carbocycles. The smallest absolute Gasteiger partial charge is 0.245 e. The summed E-state index contributed by atoms with van der Waals surface area (Å²) < 4.78 is 26.9. The van der Waals surface area contributed by atoms with E-state index in [1.54, 1.807) is 29.5 Å². The average molecular weight is 452 g/mol. The van der Waals surface area contributed by atoms with Gasteiger partial charge in [-0.3, -0.25) is 9.10 Å². The van der Waals surface area contributed by atoms with Crippen molar-refractivity contribution in [2.24, 2.45) is 0 Å². The molecule has 158 valence electrons. The Morgan fingerprint density at radius 2 is 1.77 bits per heavy atom. The van der Waals surface area contributed by atoms with Gasteiger partial charge in [-0.1, -0.05) is 42.5 Å². The highest BCUT2D eigenvalue weighted by Gasteiger charge is 2.22. The second-order valence-electron chi connectivity index (χ2n) is 7.17. The molecule has 0 aliphatic rings. The largest absolute Gasteiger partial charge is 0.324 e. The summed E-state index contributed by atoms with van der Waals surface area (Å²) in [6.45, 7) is 1.50. The maximum Gasteiger partial charge on any atom is 0.245 e. The number of thiazole rings is 1. The fourth-order valence-corrected chi connectivity index (χ4v) is 5.16. The third-order valence-electron chi connectivity index (χ3n) is 4.76. The third kappa shape index (κ3) is 4.76. The predicted octanol–water partition coefficient (Wildman–Crippen LogP) is 4.68. The number of nitrogens with one attached hydrogen (secondary N) is 1. The maximum atomic E-state index is 12.7. The van der Waals surface area contributed by atoms with Gasteiger partial charge in [0.1, 0.15) is 11.6 Å². The topological polar surface area (TPSA) is 79.4 Å². The van der Waals surface area contributed by atoms with Crippen molar-refractivity contribution in [1.82, 2.24) is 4.98 Å². The number of para-hydroxylation sites is 2. The minimum atomic E-state index is -3.63. The molecule has 0 saturated heterocycles. The molecule has 0 atom stereocenters. The van der Waals surface area contributed by atoms with Crippen LogP contribution in [0, 0.1) is 6.92 Å². The molecule has 1 aromatic heterocycles. The van der Waals surface area contributed by atoms with Gasteiger partial charge >= 0.3 is 0 Å². The van der Waals surface area contributed by atoms with Crippen LogP contribution in [0.15, 0.2) is 72.8 Å². The van der Waals surface area contributed by atoms with Crippen LogP contribution in [0.2, 0.25) is 0 Å². The van der Waals surface area contributed by atoms with Gasteiger partial charge in [0.25, 0.3) is 0 Å². The molecule has 0 unspecified atom stereocenters. The fraction of sp³-hybridized carbons (Fsp3) is 0.130. The zero-order valence-electron chi connectivity index (χ0n) is 17.1. The van der Waals surface area contributed by atoms with E-state index in [-0.39, 0.29) is 6.54 Å². The number of amides is 1. The molecule has 1 N–H and O–H groups in total. The van der Waals surface area contributed by atoms with Crippen LogP contribution in [0.5, 0.6) is 0 Å². The minimum Gasteiger partial charge on any atom is -0.324 e. The van der Waals surface area contributed by atoms with Crippen molar-refractivity contribution in [2.45, 2.75) is 6.92 Å². The molecule has 1 amide bonds. The van der Waals surface area contributed by atoms with Crippen molar-refractivity contribution >= 4 is 48.9 Å². The number of sulfonamides is 1. The molecular weight excluding hydrogens is 430 g/mol. The summed E-state index contributed by atoms with van der Waals surface area (Å²) in [7, 11) is -3.63. The molecule has 0 radical (unpaired) electrons. The lowest BCUT2D eigenvalue weighted by molar-refractivity contribution is -0.114. The normalized spacial score (nSPS) is 11.4. The van der Waals surface area contributed by atoms with E-state index in [0.717, 1.165) is 36.9 Å². The number of fused-ring (bicyclic) bond motifs is 1. The Morgan fingerprint density at radius 1 is 1.03 bits per heavy atom. The van der Waals surface area contributed by atoms with E-state index < -0.39 is 15.9 Å². The standard InChI is InChI=1S/C23H21N3O3S2/c1-16-8-3-5-12-20(16)26(31(2,28)29)15-22(27)24-18-10-7-9-17(14-18)23-25-19-11-4-6-13-21(19)30-23/h3-14H,15H2,1-2H3,(H,24,27). The molecule has 4 aromatic rings. The Kier molecular flexibility index (Phi) is 5.75. The van der Waals surface area contributed by atoms with Crippen LogP contribution in [0.3, 0.4) is 0 Å². The van der Waals surface area contributed by atoms with Crippen LogP contribution in [0.25, 0.3) is 20.8 Å². The summed E-state index contributed by atoms with van der Waals surface area (Å²) in [6.07, 6.45) is 1.10. The first kappa shape index (κ1) is 21.0. The SMILES string of the molecule is Cc1ccccc1N(CC(=O)Nc1cccc(-c2nc3ccccc3s2)c1)S(C)(=O)=O. The zero-order valence-corrected chi connectivity index (χ0v) is 18.7. The monoisotopic (exact) mass is 451 g/mol. The number of carbonyl (C=O) groups excluding carboxylic acids is 1. The van der Waals surface area contributed by atoms with Gasteiger partial charge in [0.15, 0.2) is 0 Å². The van der Waals surface area contributed by atoms with Crippen LogP contribution < -0.4 is 9.62 Å². The first-order chi connectivity index (χ1) is 14.8. The highest BCUT2D eigenvalue weighted by Crippen LogP contribution is 2.31. The highest BCUT2D eigenvalue weighted by atomic mass is 32.2. The van der Waals surface area contributed by atoms with Crippen molar-refractivity contribution in [3.63, 3.8) is 0 Å². The van der Waals surface area contributed by atoms with Gasteiger partial charge in [0.05, 0.1) is 22.2 Å². The molecule has 6 nitrogen and oxygen atoms in total. The Labute approximate surface area is 185 Å². The van der Waals surface area contributed by atoms with E-state index in [4.69, 9.17) is 0 Å². The Morgan fingerprint density at radius 3 is 2.52 bits per heavy atom. The number of hydrogen-bond acceptors (Lipinski definition) is 5. The third-order valence-corrected chi connectivity index (χ3v) is 6.97. The van der Waals surface area contributed by atoms with E-state index >= 15 is 0 Å². The summed E-state index contributed by atoms with van der Waals surface area (Å²) in [4.78, 5) is 17.4. The number of nitrogens with zero attached hydrogens (tertiary/aromatic N) is 2. The van der Waals surface area contributed by atoms with Gasteiger partial charge in [0, 0.05) is 11.3 Å². The van der Waals surface area contributed by atoms with E-state index in [2.05, 4.69) is 10.3 Å². The number of aryl methyl sites for hydroxylation is 1. The van der Waals surface area contributed by atoms with Gasteiger partial charge in [-0.15, -0.1) is 11.3 Å². The number of benzene rings is 3. The van der Waals surface area contributed by atoms with Gasteiger partial charge in [-0.25, -0.2) is 13.4 Å². The number of rotatable bonds is 6. The lowest BCUT2D eigenvalue weighted by Gasteiger charge is -2.23. The van der Waals surface area contributed by atoms with Gasteiger partial charge in [0.2, 0.25) is 15.9 Å². The minimum absolute atomic E-state index is 0.310. The van der Waals surface area contributed by atoms with E-state index in [1.165, 1.54) is 0 Å². The summed E-state index contributed by atoms with van der Waals surface area (Å²) in [6, 6.07) is 22.4. The van der Waals surface area contributed by atoms with Crippen LogP contribution in [0.4, 0.5) is 11.4 Å². The molecular formula is C23H21N3O3S2. The number of carbonyl (C=O) groups is 1. The summed E-state index contributed by atoms with van der Waals surface area (Å²) in [5.74, 6) is -0.421. The lowest BCUT2D eigenvalue weighted by Crippen LogP contribution is -2.37. The molecule has 4 rings (SSSR count). The predicted molar refractivity (Wildman–Crippen MR) is 127 cm³/mol. The van der Waals surface area contributed by atoms with Crippen molar-refractivity contribution < 1.29 is 13.2 Å². The van der Waals surface area contributed by atoms with Crippen LogP contribution >= 0.6 is 11.3 Å². The first-order valence-corrected chi connectivity index (χ1v) is 12.3. The maximum absolute atomic E-state index is 12.7. The van der Waals surface area contributed by atoms with Gasteiger partial charge < -0.3 is 5.32 Å². The number of anilines is 2. The molecule has 8 heteroatoms. The fourth-order valence-electron chi connectivity index (χ4n) is 3.28. The van der Waals surface area contributed by atoms with Crippen LogP contribution in [-0.4, -0.2) is 32.1 Å². The number of hydrogen-bond donors (Lipinski definition) is 1. The lowest BCUT2D eigenvalue weighted by atomic mass is 10.2. The van der Waals surface area contributed by atoms with Crippen molar-refractivity contribution in [3.05, 3.63) is 78.4 Å². The van der Waals surface area contributed by atoms with Gasteiger partial charge in [-0.05, 0) is 42.8 Å². The number of aromatic nitrogens is 1.